The van der Waals surface area contributed by atoms with Gasteiger partial charge < -0.3 is 39.0 Å². The van der Waals surface area contributed by atoms with Gasteiger partial charge in [-0.1, -0.05) is 225 Å². The van der Waals surface area contributed by atoms with E-state index >= 15 is 0 Å². The molecule has 0 radical (unpaired) electrons. The summed E-state index contributed by atoms with van der Waals surface area (Å²) in [5.41, 5.74) is 0. The predicted octanol–water partition coefficient (Wildman–Crippen LogP) is 16.6. The van der Waals surface area contributed by atoms with E-state index in [1.165, 1.54) is 51.4 Å². The first-order chi connectivity index (χ1) is 39.6. The van der Waals surface area contributed by atoms with E-state index in [4.69, 9.17) is 23.7 Å². The quantitative estimate of drug-likeness (QED) is 0.0228. The molecule has 1 saturated heterocycles. The average molecular weight is 1130 g/mol. The highest BCUT2D eigenvalue weighted by atomic mass is 16.7. The van der Waals surface area contributed by atoms with Gasteiger partial charge in [0.15, 0.2) is 24.6 Å². The molecule has 0 aromatic rings. The Morgan fingerprint density at radius 1 is 0.432 bits per heavy atom. The number of carboxylic acid groups (broad SMARTS) is 1. The van der Waals surface area contributed by atoms with Gasteiger partial charge in [0.2, 0.25) is 0 Å². The second-order valence-corrected chi connectivity index (χ2v) is 20.6. The Balaban J connectivity index is 2.74. The van der Waals surface area contributed by atoms with E-state index in [1.54, 1.807) is 6.08 Å². The molecule has 12 heteroatoms. The molecule has 0 aromatic heterocycles. The molecular formula is C69H108O12. The number of carboxylic acids is 1. The summed E-state index contributed by atoms with van der Waals surface area (Å²) in [5, 5.41) is 31.5. The second-order valence-electron chi connectivity index (χ2n) is 20.6. The van der Waals surface area contributed by atoms with Crippen molar-refractivity contribution < 1.29 is 58.2 Å². The summed E-state index contributed by atoms with van der Waals surface area (Å²) in [5.74, 6) is -3.34. The van der Waals surface area contributed by atoms with Gasteiger partial charge in [-0.05, 0) is 116 Å². The van der Waals surface area contributed by atoms with Crippen molar-refractivity contribution in [3.05, 3.63) is 134 Å². The highest BCUT2D eigenvalue weighted by molar-refractivity contribution is 5.74. The van der Waals surface area contributed by atoms with Crippen molar-refractivity contribution in [2.45, 2.75) is 263 Å². The Morgan fingerprint density at radius 2 is 0.815 bits per heavy atom. The molecule has 456 valence electrons. The largest absolute Gasteiger partial charge is 0.479 e. The van der Waals surface area contributed by atoms with Gasteiger partial charge >= 0.3 is 23.9 Å². The van der Waals surface area contributed by atoms with Gasteiger partial charge in [0.05, 0.1) is 13.0 Å². The van der Waals surface area contributed by atoms with E-state index in [9.17, 15) is 34.5 Å². The normalized spacial score (nSPS) is 18.7. The van der Waals surface area contributed by atoms with E-state index in [2.05, 4.69) is 130 Å². The summed E-state index contributed by atoms with van der Waals surface area (Å²) in [6.45, 7) is 5.64. The number of aliphatic hydroxyl groups excluding tert-OH is 2. The predicted molar refractivity (Wildman–Crippen MR) is 330 cm³/mol. The third kappa shape index (κ3) is 45.1. The number of carbonyl (C=O) groups excluding carboxylic acids is 3. The van der Waals surface area contributed by atoms with Crippen LogP contribution in [0.3, 0.4) is 0 Å². The summed E-state index contributed by atoms with van der Waals surface area (Å²) in [7, 11) is 0. The Hall–Kier alpha value is -5.14. The molecule has 6 unspecified atom stereocenters. The van der Waals surface area contributed by atoms with E-state index in [0.717, 1.165) is 116 Å². The maximum Gasteiger partial charge on any atom is 0.335 e. The summed E-state index contributed by atoms with van der Waals surface area (Å²) in [6, 6.07) is 0. The van der Waals surface area contributed by atoms with Gasteiger partial charge in [-0.2, -0.15) is 0 Å². The lowest BCUT2D eigenvalue weighted by molar-refractivity contribution is -0.301. The molecule has 6 atom stereocenters. The Morgan fingerprint density at radius 3 is 1.25 bits per heavy atom. The number of allylic oxidation sites excluding steroid dienone is 21. The number of carbonyl (C=O) groups is 4. The lowest BCUT2D eigenvalue weighted by Crippen LogP contribution is -2.61. The Labute approximate surface area is 490 Å². The molecule has 1 fully saturated rings. The number of aliphatic carboxylic acids is 1. The molecule has 1 aliphatic heterocycles. The lowest BCUT2D eigenvalue weighted by atomic mass is 9.98. The first kappa shape index (κ1) is 73.9. The first-order valence-corrected chi connectivity index (χ1v) is 31.2. The molecule has 81 heavy (non-hydrogen) atoms. The van der Waals surface area contributed by atoms with Crippen LogP contribution in [0.15, 0.2) is 134 Å². The number of hydrogen-bond donors (Lipinski definition) is 3. The zero-order valence-electron chi connectivity index (χ0n) is 50.2. The van der Waals surface area contributed by atoms with Crippen LogP contribution >= 0.6 is 0 Å². The van der Waals surface area contributed by atoms with Crippen molar-refractivity contribution in [3.8, 4) is 0 Å². The highest BCUT2D eigenvalue weighted by Crippen LogP contribution is 2.26. The van der Waals surface area contributed by atoms with E-state index in [-0.39, 0.29) is 25.9 Å². The van der Waals surface area contributed by atoms with Gasteiger partial charge in [0.25, 0.3) is 0 Å². The third-order valence-corrected chi connectivity index (χ3v) is 13.2. The number of unbranched alkanes of at least 4 members (excludes halogenated alkanes) is 16. The second kappa shape index (κ2) is 55.4. The molecule has 1 heterocycles. The van der Waals surface area contributed by atoms with Crippen LogP contribution in [0.5, 0.6) is 0 Å². The fraction of sp³-hybridized carbons (Fsp3) is 0.623. The lowest BCUT2D eigenvalue weighted by Gasteiger charge is -2.40. The molecule has 0 spiro atoms. The van der Waals surface area contributed by atoms with Gasteiger partial charge in [-0.3, -0.25) is 14.4 Å². The fourth-order valence-corrected chi connectivity index (χ4v) is 8.52. The molecule has 12 nitrogen and oxygen atoms in total. The summed E-state index contributed by atoms with van der Waals surface area (Å²) >= 11 is 0. The zero-order valence-corrected chi connectivity index (χ0v) is 50.2. The molecule has 0 amide bonds. The van der Waals surface area contributed by atoms with Crippen LogP contribution in [0.2, 0.25) is 0 Å². The van der Waals surface area contributed by atoms with E-state index in [1.807, 2.05) is 18.2 Å². The molecule has 0 saturated carbocycles. The van der Waals surface area contributed by atoms with Gasteiger partial charge in [-0.25, -0.2) is 4.79 Å². The van der Waals surface area contributed by atoms with E-state index in [0.29, 0.717) is 19.3 Å². The van der Waals surface area contributed by atoms with Gasteiger partial charge in [-0.15, -0.1) is 0 Å². The molecule has 0 aromatic carbocycles. The van der Waals surface area contributed by atoms with Crippen molar-refractivity contribution >= 4 is 23.9 Å². The summed E-state index contributed by atoms with van der Waals surface area (Å²) in [6.07, 6.45) is 65.8. The molecule has 1 rings (SSSR count). The fourth-order valence-electron chi connectivity index (χ4n) is 8.52. The maximum atomic E-state index is 13.1. The SMILES string of the molecule is CC/C=C\C/C=C\C/C=C\C/C=C\C/C=C\CC(=O)OC(COC(=O)CCCCCCCCCCC/C=C\C/C=C\CCCCC)COC1OC(C(=O)O)C(O)C(O)C1OC(=O)CCCCCC/C=C\C/C=C\C/C=C\C/C=C\CC. The highest BCUT2D eigenvalue weighted by Gasteiger charge is 2.50. The minimum Gasteiger partial charge on any atom is -0.479 e. The van der Waals surface area contributed by atoms with Crippen LogP contribution in [0, 0.1) is 0 Å². The van der Waals surface area contributed by atoms with Crippen LogP contribution in [-0.4, -0.2) is 89.2 Å². The molecule has 3 N–H and O–H groups in total. The number of esters is 3. The Kier molecular flexibility index (Phi) is 50.5. The molecule has 0 aliphatic carbocycles. The molecule has 0 bridgehead atoms. The van der Waals surface area contributed by atoms with Crippen molar-refractivity contribution in [2.24, 2.45) is 0 Å². The molecule has 1 aliphatic rings. The van der Waals surface area contributed by atoms with Crippen molar-refractivity contribution in [2.75, 3.05) is 13.2 Å². The average Bonchev–Trinajstić information content (AvgIpc) is 3.53. The number of ether oxygens (including phenoxy) is 5. The number of rotatable bonds is 51. The number of hydrogen-bond acceptors (Lipinski definition) is 11. The zero-order chi connectivity index (χ0) is 58.9. The van der Waals surface area contributed by atoms with E-state index < -0.39 is 67.3 Å². The standard InChI is InChI=1S/C69H108O12/c1-4-7-10-13-16-19-22-25-28-30-31-33-35-37-40-43-46-49-52-55-61(70)77-58-60(79-62(71)56-53-50-47-44-41-38-34-27-24-21-18-15-12-9-6-3)59-78-69-67(65(74)64(73)66(81-69)68(75)76)80-63(72)57-54-51-48-45-42-39-36-32-29-26-23-20-17-14-11-8-5-2/h8-9,11-12,16-21,25-29,34,36,39,41,44,50,53,60,64-67,69,73-74H,4-7,10,13-15,22-24,30-33,35,37-38,40,42-43,45-49,51-52,54-59H2,1-3H3,(H,75,76)/b11-8-,12-9-,19-16-,20-17-,21-18-,28-25-,29-26-,34-27-,39-36-,44-41-,53-50-. The van der Waals surface area contributed by atoms with Crippen LogP contribution in [0.4, 0.5) is 0 Å². The number of aliphatic hydroxyl groups is 2. The smallest absolute Gasteiger partial charge is 0.335 e. The third-order valence-electron chi connectivity index (χ3n) is 13.2. The van der Waals surface area contributed by atoms with Crippen LogP contribution in [0.25, 0.3) is 0 Å². The van der Waals surface area contributed by atoms with Gasteiger partial charge in [0.1, 0.15) is 18.8 Å². The van der Waals surface area contributed by atoms with Crippen LogP contribution < -0.4 is 0 Å². The minimum atomic E-state index is -1.93. The van der Waals surface area contributed by atoms with Crippen LogP contribution in [0.1, 0.15) is 226 Å². The van der Waals surface area contributed by atoms with Crippen molar-refractivity contribution in [1.29, 1.82) is 0 Å². The summed E-state index contributed by atoms with van der Waals surface area (Å²) in [4.78, 5) is 51.2. The summed E-state index contributed by atoms with van der Waals surface area (Å²) < 4.78 is 28.3. The topological polar surface area (TPSA) is 175 Å². The van der Waals surface area contributed by atoms with Crippen molar-refractivity contribution in [3.63, 3.8) is 0 Å². The van der Waals surface area contributed by atoms with Crippen LogP contribution in [-0.2, 0) is 42.9 Å². The molecular weight excluding hydrogens is 1020 g/mol. The minimum absolute atomic E-state index is 0.0145. The van der Waals surface area contributed by atoms with Crippen molar-refractivity contribution in [1.82, 2.24) is 0 Å². The maximum absolute atomic E-state index is 13.1. The Bertz CT molecular complexity index is 1920. The first-order valence-electron chi connectivity index (χ1n) is 31.2. The monoisotopic (exact) mass is 1130 g/mol. The van der Waals surface area contributed by atoms with Gasteiger partial charge in [0, 0.05) is 12.8 Å².